The second kappa shape index (κ2) is 9.70. The summed E-state index contributed by atoms with van der Waals surface area (Å²) in [7, 11) is 2.74. The van der Waals surface area contributed by atoms with E-state index in [0.717, 1.165) is 22.2 Å². The summed E-state index contributed by atoms with van der Waals surface area (Å²) in [5, 5.41) is -0.515. The number of rotatable bonds is 7. The number of esters is 1. The Morgan fingerprint density at radius 2 is 1.81 bits per heavy atom. The van der Waals surface area contributed by atoms with Gasteiger partial charge in [-0.3, -0.25) is 14.5 Å². The molecule has 1 aliphatic heterocycles. The average Bonchev–Trinajstić information content (AvgIpc) is 3.05. The number of hydrogen-bond acceptors (Lipinski definition) is 7. The van der Waals surface area contributed by atoms with Crippen molar-refractivity contribution >= 4 is 35.0 Å². The van der Waals surface area contributed by atoms with Crippen LogP contribution in [0.1, 0.15) is 23.6 Å². The van der Waals surface area contributed by atoms with E-state index in [2.05, 4.69) is 4.74 Å². The normalized spacial score (nSPS) is 15.9. The highest BCUT2D eigenvalue weighted by molar-refractivity contribution is 8.18. The topological polar surface area (TPSA) is 82.1 Å². The Morgan fingerprint density at radius 1 is 1.10 bits per heavy atom. The fourth-order valence-corrected chi connectivity index (χ4v) is 3.89. The van der Waals surface area contributed by atoms with E-state index in [1.807, 2.05) is 31.2 Å². The molecular weight excluding hydrogens is 418 g/mol. The zero-order valence-corrected chi connectivity index (χ0v) is 18.5. The first-order chi connectivity index (χ1) is 14.8. The summed E-state index contributed by atoms with van der Waals surface area (Å²) in [6, 6.07) is 12.3. The van der Waals surface area contributed by atoms with Crippen molar-refractivity contribution in [3.63, 3.8) is 0 Å². The highest BCUT2D eigenvalue weighted by Crippen LogP contribution is 2.35. The Labute approximate surface area is 185 Å². The summed E-state index contributed by atoms with van der Waals surface area (Å²) >= 11 is 0.778. The Morgan fingerprint density at radius 3 is 2.45 bits per heavy atom. The number of amides is 2. The van der Waals surface area contributed by atoms with Crippen LogP contribution in [-0.2, 0) is 20.9 Å². The third-order valence-electron chi connectivity index (χ3n) is 4.75. The number of carbonyl (C=O) groups is 3. The molecule has 31 heavy (non-hydrogen) atoms. The molecule has 0 N–H and O–H groups in total. The van der Waals surface area contributed by atoms with Gasteiger partial charge in [0.1, 0.15) is 12.6 Å². The minimum Gasteiger partial charge on any atom is -0.493 e. The van der Waals surface area contributed by atoms with Gasteiger partial charge >= 0.3 is 5.97 Å². The molecule has 0 spiro atoms. The first kappa shape index (κ1) is 22.4. The van der Waals surface area contributed by atoms with Crippen LogP contribution < -0.4 is 9.47 Å². The highest BCUT2D eigenvalue weighted by Gasteiger charge is 2.41. The quantitative estimate of drug-likeness (QED) is 0.471. The van der Waals surface area contributed by atoms with Crippen molar-refractivity contribution in [2.24, 2.45) is 0 Å². The van der Waals surface area contributed by atoms with Gasteiger partial charge in [-0.2, -0.15) is 0 Å². The van der Waals surface area contributed by atoms with Crippen LogP contribution in [0.15, 0.2) is 47.4 Å². The Balaban J connectivity index is 1.76. The molecule has 0 unspecified atom stereocenters. The third-order valence-corrected chi connectivity index (χ3v) is 5.64. The zero-order valence-electron chi connectivity index (χ0n) is 17.7. The van der Waals surface area contributed by atoms with Gasteiger partial charge in [-0.15, -0.1) is 0 Å². The van der Waals surface area contributed by atoms with Crippen molar-refractivity contribution in [3.05, 3.63) is 64.1 Å². The molecule has 1 fully saturated rings. The maximum Gasteiger partial charge on any atom is 0.328 e. The lowest BCUT2D eigenvalue weighted by molar-refractivity contribution is -0.148. The van der Waals surface area contributed by atoms with Crippen molar-refractivity contribution < 1.29 is 28.6 Å². The third kappa shape index (κ3) is 5.08. The molecule has 7 nitrogen and oxygen atoms in total. The van der Waals surface area contributed by atoms with E-state index in [9.17, 15) is 14.4 Å². The average molecular weight is 442 g/mol. The lowest BCUT2D eigenvalue weighted by atomic mass is 10.1. The number of hydrogen-bond donors (Lipinski definition) is 0. The SMILES string of the molecule is COC(=O)[C@H](C)N1C(=O)S/C(=C/c2ccc(OCc3ccc(C)cc3)c(OC)c2)C1=O. The molecule has 0 saturated carbocycles. The maximum atomic E-state index is 12.6. The molecule has 1 atom stereocenters. The molecule has 0 aliphatic carbocycles. The van der Waals surface area contributed by atoms with E-state index in [0.29, 0.717) is 23.7 Å². The highest BCUT2D eigenvalue weighted by atomic mass is 32.2. The fraction of sp³-hybridized carbons (Fsp3) is 0.261. The van der Waals surface area contributed by atoms with Crippen LogP contribution in [0.5, 0.6) is 11.5 Å². The van der Waals surface area contributed by atoms with Crippen LogP contribution in [0, 0.1) is 6.92 Å². The number of carbonyl (C=O) groups excluding carboxylic acids is 3. The molecule has 1 aliphatic rings. The fourth-order valence-electron chi connectivity index (χ4n) is 2.98. The number of ether oxygens (including phenoxy) is 3. The first-order valence-corrected chi connectivity index (χ1v) is 10.4. The molecule has 8 heteroatoms. The van der Waals surface area contributed by atoms with E-state index in [1.54, 1.807) is 24.3 Å². The first-order valence-electron chi connectivity index (χ1n) is 9.55. The van der Waals surface area contributed by atoms with Gasteiger partial charge in [0.15, 0.2) is 11.5 Å². The summed E-state index contributed by atoms with van der Waals surface area (Å²) in [5.74, 6) is -0.123. The van der Waals surface area contributed by atoms with Crippen LogP contribution in [0.4, 0.5) is 4.79 Å². The van der Waals surface area contributed by atoms with Crippen molar-refractivity contribution in [2.75, 3.05) is 14.2 Å². The molecule has 2 aromatic rings. The molecule has 0 aromatic heterocycles. The Hall–Kier alpha value is -3.26. The van der Waals surface area contributed by atoms with Gasteiger partial charge in [-0.05, 0) is 54.9 Å². The van der Waals surface area contributed by atoms with E-state index in [4.69, 9.17) is 9.47 Å². The van der Waals surface area contributed by atoms with Gasteiger partial charge in [0.2, 0.25) is 0 Å². The van der Waals surface area contributed by atoms with Gasteiger partial charge in [0, 0.05) is 0 Å². The van der Waals surface area contributed by atoms with Gasteiger partial charge in [-0.25, -0.2) is 4.79 Å². The van der Waals surface area contributed by atoms with Crippen LogP contribution in [-0.4, -0.2) is 42.3 Å². The molecular formula is C23H23NO6S. The van der Waals surface area contributed by atoms with E-state index in [1.165, 1.54) is 26.7 Å². The van der Waals surface area contributed by atoms with Crippen LogP contribution >= 0.6 is 11.8 Å². The predicted octanol–water partition coefficient (Wildman–Crippen LogP) is 4.18. The van der Waals surface area contributed by atoms with E-state index < -0.39 is 23.2 Å². The van der Waals surface area contributed by atoms with Gasteiger partial charge in [-0.1, -0.05) is 35.9 Å². The molecule has 0 bridgehead atoms. The maximum absolute atomic E-state index is 12.6. The van der Waals surface area contributed by atoms with Gasteiger partial charge in [0.25, 0.3) is 11.1 Å². The van der Waals surface area contributed by atoms with Crippen molar-refractivity contribution in [3.8, 4) is 11.5 Å². The number of thioether (sulfide) groups is 1. The second-order valence-electron chi connectivity index (χ2n) is 6.94. The minimum atomic E-state index is -0.990. The standard InChI is InChI=1S/C23H23NO6S/c1-14-5-7-16(8-6-14)13-30-18-10-9-17(11-19(18)28-3)12-20-21(25)24(23(27)31-20)15(2)22(26)29-4/h5-12,15H,13H2,1-4H3/b20-12+/t15-/m0/s1. The van der Waals surface area contributed by atoms with E-state index in [-0.39, 0.29) is 4.91 Å². The van der Waals surface area contributed by atoms with Crippen molar-refractivity contribution in [1.82, 2.24) is 4.90 Å². The van der Waals surface area contributed by atoms with E-state index >= 15 is 0 Å². The summed E-state index contributed by atoms with van der Waals surface area (Å²) in [5.41, 5.74) is 2.87. The predicted molar refractivity (Wildman–Crippen MR) is 118 cm³/mol. The van der Waals surface area contributed by atoms with Crippen LogP contribution in [0.2, 0.25) is 0 Å². The van der Waals surface area contributed by atoms with Crippen molar-refractivity contribution in [1.29, 1.82) is 0 Å². The largest absolute Gasteiger partial charge is 0.493 e. The molecule has 1 heterocycles. The lowest BCUT2D eigenvalue weighted by Gasteiger charge is -2.18. The molecule has 0 radical (unpaired) electrons. The Kier molecular flexibility index (Phi) is 7.02. The summed E-state index contributed by atoms with van der Waals surface area (Å²) in [6.07, 6.45) is 1.58. The second-order valence-corrected chi connectivity index (χ2v) is 7.93. The number of nitrogens with zero attached hydrogens (tertiary/aromatic N) is 1. The number of methoxy groups -OCH3 is 2. The zero-order chi connectivity index (χ0) is 22.5. The summed E-state index contributed by atoms with van der Waals surface area (Å²) < 4.78 is 15.9. The number of aryl methyl sites for hydroxylation is 1. The van der Waals surface area contributed by atoms with Crippen LogP contribution in [0.3, 0.4) is 0 Å². The molecule has 2 aromatic carbocycles. The van der Waals surface area contributed by atoms with Gasteiger partial charge < -0.3 is 14.2 Å². The number of imide groups is 1. The molecule has 1 saturated heterocycles. The molecule has 2 amide bonds. The minimum absolute atomic E-state index is 0.219. The smallest absolute Gasteiger partial charge is 0.328 e. The summed E-state index contributed by atoms with van der Waals surface area (Å²) in [4.78, 5) is 37.7. The molecule has 162 valence electrons. The van der Waals surface area contributed by atoms with Crippen LogP contribution in [0.25, 0.3) is 6.08 Å². The lowest BCUT2D eigenvalue weighted by Crippen LogP contribution is -2.42. The van der Waals surface area contributed by atoms with Crippen molar-refractivity contribution in [2.45, 2.75) is 26.5 Å². The Bertz CT molecular complexity index is 1030. The monoisotopic (exact) mass is 441 g/mol. The molecule has 3 rings (SSSR count). The summed E-state index contributed by atoms with van der Waals surface area (Å²) in [6.45, 7) is 3.87. The number of benzene rings is 2. The van der Waals surface area contributed by atoms with Gasteiger partial charge in [0.05, 0.1) is 19.1 Å².